The summed E-state index contributed by atoms with van der Waals surface area (Å²) in [5, 5.41) is 2.79. The first kappa shape index (κ1) is 14.4. The standard InChI is InChI=1S/C15H15FN2OS/c16-12-7-5-11(6-8-12)9-18-15(19)10-20-14-4-2-1-3-13(14)17/h1-8H,9-10,17H2,(H,18,19). The Morgan fingerprint density at radius 3 is 2.55 bits per heavy atom. The first-order chi connectivity index (χ1) is 9.65. The minimum Gasteiger partial charge on any atom is -0.398 e. The maximum Gasteiger partial charge on any atom is 0.230 e. The van der Waals surface area contributed by atoms with Crippen LogP contribution in [-0.4, -0.2) is 11.7 Å². The van der Waals surface area contributed by atoms with Crippen molar-refractivity contribution in [2.24, 2.45) is 0 Å². The van der Waals surface area contributed by atoms with Gasteiger partial charge in [0.2, 0.25) is 5.91 Å². The summed E-state index contributed by atoms with van der Waals surface area (Å²) in [6.07, 6.45) is 0. The second-order valence-electron chi connectivity index (χ2n) is 4.23. The molecule has 3 N–H and O–H groups in total. The second-order valence-corrected chi connectivity index (χ2v) is 5.25. The largest absolute Gasteiger partial charge is 0.398 e. The lowest BCUT2D eigenvalue weighted by atomic mass is 10.2. The molecule has 20 heavy (non-hydrogen) atoms. The summed E-state index contributed by atoms with van der Waals surface area (Å²) in [5.74, 6) is -0.0622. The molecule has 0 radical (unpaired) electrons. The number of hydrogen-bond acceptors (Lipinski definition) is 3. The molecular formula is C15H15FN2OS. The predicted molar refractivity (Wildman–Crippen MR) is 79.8 cm³/mol. The molecule has 0 bridgehead atoms. The fourth-order valence-corrected chi connectivity index (χ4v) is 2.41. The number of carbonyl (C=O) groups is 1. The zero-order valence-corrected chi connectivity index (χ0v) is 11.6. The van der Waals surface area contributed by atoms with Crippen LogP contribution in [0.15, 0.2) is 53.4 Å². The van der Waals surface area contributed by atoms with Crippen molar-refractivity contribution in [3.8, 4) is 0 Å². The Hall–Kier alpha value is -2.01. The fourth-order valence-electron chi connectivity index (χ4n) is 1.61. The summed E-state index contributed by atoms with van der Waals surface area (Å²) in [5.41, 5.74) is 7.33. The van der Waals surface area contributed by atoms with E-state index in [0.29, 0.717) is 18.0 Å². The number of nitrogens with one attached hydrogen (secondary N) is 1. The van der Waals surface area contributed by atoms with Crippen LogP contribution in [0.2, 0.25) is 0 Å². The van der Waals surface area contributed by atoms with Crippen molar-refractivity contribution in [2.75, 3.05) is 11.5 Å². The number of nitrogen functional groups attached to an aromatic ring is 1. The van der Waals surface area contributed by atoms with E-state index in [1.807, 2.05) is 18.2 Å². The normalized spacial score (nSPS) is 10.2. The van der Waals surface area contributed by atoms with E-state index < -0.39 is 0 Å². The van der Waals surface area contributed by atoms with Gasteiger partial charge in [-0.3, -0.25) is 4.79 Å². The van der Waals surface area contributed by atoms with Crippen LogP contribution in [0, 0.1) is 5.82 Å². The quantitative estimate of drug-likeness (QED) is 0.657. The lowest BCUT2D eigenvalue weighted by Crippen LogP contribution is -2.24. The Labute approximate surface area is 121 Å². The number of thioether (sulfide) groups is 1. The molecular weight excluding hydrogens is 275 g/mol. The molecule has 2 aromatic carbocycles. The zero-order chi connectivity index (χ0) is 14.4. The van der Waals surface area contributed by atoms with Crippen LogP contribution in [0.5, 0.6) is 0 Å². The average molecular weight is 290 g/mol. The van der Waals surface area contributed by atoms with Gasteiger partial charge < -0.3 is 11.1 Å². The van der Waals surface area contributed by atoms with E-state index in [4.69, 9.17) is 5.73 Å². The first-order valence-corrected chi connectivity index (χ1v) is 7.12. The third kappa shape index (κ3) is 4.28. The van der Waals surface area contributed by atoms with Gasteiger partial charge in [0.05, 0.1) is 5.75 Å². The number of carbonyl (C=O) groups excluding carboxylic acids is 1. The van der Waals surface area contributed by atoms with Gasteiger partial charge in [-0.25, -0.2) is 4.39 Å². The van der Waals surface area contributed by atoms with Crippen molar-refractivity contribution in [1.82, 2.24) is 5.32 Å². The van der Waals surface area contributed by atoms with Gasteiger partial charge in [0.15, 0.2) is 0 Å². The molecule has 3 nitrogen and oxygen atoms in total. The van der Waals surface area contributed by atoms with Gasteiger partial charge in [-0.2, -0.15) is 0 Å². The Morgan fingerprint density at radius 1 is 1.15 bits per heavy atom. The molecule has 0 aliphatic rings. The summed E-state index contributed by atoms with van der Waals surface area (Å²) in [7, 11) is 0. The van der Waals surface area contributed by atoms with Crippen molar-refractivity contribution in [3.05, 3.63) is 59.9 Å². The van der Waals surface area contributed by atoms with E-state index in [9.17, 15) is 9.18 Å². The minimum absolute atomic E-state index is 0.0809. The van der Waals surface area contributed by atoms with Gasteiger partial charge in [-0.15, -0.1) is 11.8 Å². The molecule has 1 amide bonds. The SMILES string of the molecule is Nc1ccccc1SCC(=O)NCc1ccc(F)cc1. The Kier molecular flexibility index (Phi) is 5.01. The molecule has 0 heterocycles. The highest BCUT2D eigenvalue weighted by molar-refractivity contribution is 8.00. The summed E-state index contributed by atoms with van der Waals surface area (Å²) in [4.78, 5) is 12.6. The highest BCUT2D eigenvalue weighted by Crippen LogP contribution is 2.23. The Balaban J connectivity index is 1.78. The summed E-state index contributed by atoms with van der Waals surface area (Å²) in [6, 6.07) is 13.5. The molecule has 0 aromatic heterocycles. The molecule has 2 rings (SSSR count). The number of rotatable bonds is 5. The van der Waals surface area contributed by atoms with Crippen LogP contribution in [0.3, 0.4) is 0 Å². The maximum absolute atomic E-state index is 12.7. The van der Waals surface area contributed by atoms with Crippen molar-refractivity contribution in [2.45, 2.75) is 11.4 Å². The third-order valence-corrected chi connectivity index (χ3v) is 3.77. The van der Waals surface area contributed by atoms with Crippen LogP contribution in [0.25, 0.3) is 0 Å². The van der Waals surface area contributed by atoms with E-state index in [-0.39, 0.29) is 11.7 Å². The average Bonchev–Trinajstić information content (AvgIpc) is 2.46. The van der Waals surface area contributed by atoms with Gasteiger partial charge >= 0.3 is 0 Å². The van der Waals surface area contributed by atoms with E-state index in [2.05, 4.69) is 5.32 Å². The van der Waals surface area contributed by atoms with E-state index in [1.54, 1.807) is 18.2 Å². The van der Waals surface area contributed by atoms with E-state index in [0.717, 1.165) is 10.5 Å². The molecule has 104 valence electrons. The fraction of sp³-hybridized carbons (Fsp3) is 0.133. The van der Waals surface area contributed by atoms with Crippen molar-refractivity contribution in [1.29, 1.82) is 0 Å². The smallest absolute Gasteiger partial charge is 0.230 e. The zero-order valence-electron chi connectivity index (χ0n) is 10.8. The lowest BCUT2D eigenvalue weighted by molar-refractivity contribution is -0.118. The highest BCUT2D eigenvalue weighted by Gasteiger charge is 2.05. The molecule has 5 heteroatoms. The first-order valence-electron chi connectivity index (χ1n) is 6.13. The number of anilines is 1. The molecule has 0 aliphatic carbocycles. The molecule has 0 atom stereocenters. The number of halogens is 1. The van der Waals surface area contributed by atoms with Crippen LogP contribution in [0.4, 0.5) is 10.1 Å². The predicted octanol–water partition coefficient (Wildman–Crippen LogP) is 2.82. The summed E-state index contributed by atoms with van der Waals surface area (Å²) in [6.45, 7) is 0.393. The molecule has 0 saturated heterocycles. The number of para-hydroxylation sites is 1. The van der Waals surface area contributed by atoms with Gasteiger partial charge in [-0.1, -0.05) is 24.3 Å². The van der Waals surface area contributed by atoms with Gasteiger partial charge in [-0.05, 0) is 29.8 Å². The number of benzene rings is 2. The minimum atomic E-state index is -0.282. The van der Waals surface area contributed by atoms with Crippen LogP contribution >= 0.6 is 11.8 Å². The van der Waals surface area contributed by atoms with E-state index >= 15 is 0 Å². The molecule has 0 fully saturated rings. The summed E-state index contributed by atoms with van der Waals surface area (Å²) >= 11 is 1.40. The van der Waals surface area contributed by atoms with Gasteiger partial charge in [0.25, 0.3) is 0 Å². The molecule has 0 saturated carbocycles. The van der Waals surface area contributed by atoms with Crippen LogP contribution < -0.4 is 11.1 Å². The second kappa shape index (κ2) is 6.96. The number of hydrogen-bond donors (Lipinski definition) is 2. The van der Waals surface area contributed by atoms with E-state index in [1.165, 1.54) is 23.9 Å². The maximum atomic E-state index is 12.7. The number of amides is 1. The molecule has 0 aliphatic heterocycles. The highest BCUT2D eigenvalue weighted by atomic mass is 32.2. The molecule has 2 aromatic rings. The topological polar surface area (TPSA) is 55.1 Å². The monoisotopic (exact) mass is 290 g/mol. The van der Waals surface area contributed by atoms with Gasteiger partial charge in [0.1, 0.15) is 5.82 Å². The van der Waals surface area contributed by atoms with Crippen molar-refractivity contribution >= 4 is 23.4 Å². The third-order valence-electron chi connectivity index (χ3n) is 2.68. The van der Waals surface area contributed by atoms with Gasteiger partial charge in [0, 0.05) is 17.1 Å². The Bertz CT molecular complexity index is 587. The molecule has 0 spiro atoms. The molecule has 0 unspecified atom stereocenters. The van der Waals surface area contributed by atoms with Crippen LogP contribution in [0.1, 0.15) is 5.56 Å². The summed E-state index contributed by atoms with van der Waals surface area (Å²) < 4.78 is 12.7. The van der Waals surface area contributed by atoms with Crippen LogP contribution in [-0.2, 0) is 11.3 Å². The number of nitrogens with two attached hydrogens (primary N) is 1. The van der Waals surface area contributed by atoms with Crippen molar-refractivity contribution in [3.63, 3.8) is 0 Å². The van der Waals surface area contributed by atoms with Crippen molar-refractivity contribution < 1.29 is 9.18 Å². The lowest BCUT2D eigenvalue weighted by Gasteiger charge is -2.06. The Morgan fingerprint density at radius 2 is 1.85 bits per heavy atom.